The zero-order chi connectivity index (χ0) is 11.3. The van der Waals surface area contributed by atoms with Crippen molar-refractivity contribution in [2.45, 2.75) is 19.3 Å². The van der Waals surface area contributed by atoms with Crippen LogP contribution in [0.1, 0.15) is 19.3 Å². The first kappa shape index (κ1) is 11.6. The molecule has 0 spiro atoms. The SMILES string of the molecule is COCCCCN1C(=O)CC(=O)NC1=O. The van der Waals surface area contributed by atoms with Crippen LogP contribution in [0.3, 0.4) is 0 Å². The Hall–Kier alpha value is -1.43. The van der Waals surface area contributed by atoms with E-state index >= 15 is 0 Å². The molecule has 0 aromatic carbocycles. The fourth-order valence-corrected chi connectivity index (χ4v) is 1.32. The normalized spacial score (nSPS) is 16.9. The average molecular weight is 214 g/mol. The minimum absolute atomic E-state index is 0.240. The first-order valence-electron chi connectivity index (χ1n) is 4.78. The van der Waals surface area contributed by atoms with E-state index in [9.17, 15) is 14.4 Å². The fourth-order valence-electron chi connectivity index (χ4n) is 1.32. The van der Waals surface area contributed by atoms with Gasteiger partial charge in [0, 0.05) is 20.3 Å². The van der Waals surface area contributed by atoms with Gasteiger partial charge in [-0.15, -0.1) is 0 Å². The molecule has 0 aromatic heterocycles. The van der Waals surface area contributed by atoms with Crippen molar-refractivity contribution in [3.05, 3.63) is 0 Å². The van der Waals surface area contributed by atoms with E-state index in [1.807, 2.05) is 0 Å². The molecule has 1 aliphatic heterocycles. The van der Waals surface area contributed by atoms with E-state index < -0.39 is 17.8 Å². The van der Waals surface area contributed by atoms with Gasteiger partial charge in [-0.1, -0.05) is 0 Å². The van der Waals surface area contributed by atoms with Crippen molar-refractivity contribution < 1.29 is 19.1 Å². The molecule has 0 unspecified atom stereocenters. The second-order valence-electron chi connectivity index (χ2n) is 3.28. The van der Waals surface area contributed by atoms with Crippen molar-refractivity contribution in [3.8, 4) is 0 Å². The van der Waals surface area contributed by atoms with Crippen LogP contribution in [0.2, 0.25) is 0 Å². The van der Waals surface area contributed by atoms with E-state index in [4.69, 9.17) is 4.74 Å². The molecule has 1 heterocycles. The zero-order valence-electron chi connectivity index (χ0n) is 8.62. The third kappa shape index (κ3) is 3.32. The van der Waals surface area contributed by atoms with Crippen LogP contribution in [0.15, 0.2) is 0 Å². The maximum atomic E-state index is 11.3. The minimum Gasteiger partial charge on any atom is -0.385 e. The lowest BCUT2D eigenvalue weighted by Gasteiger charge is -2.24. The predicted octanol–water partition coefficient (Wildman–Crippen LogP) is -0.118. The molecule has 1 rings (SSSR count). The number of amides is 4. The number of urea groups is 1. The van der Waals surface area contributed by atoms with Crippen LogP contribution in [-0.2, 0) is 14.3 Å². The van der Waals surface area contributed by atoms with E-state index in [0.29, 0.717) is 19.6 Å². The molecule has 1 saturated heterocycles. The maximum absolute atomic E-state index is 11.3. The summed E-state index contributed by atoms with van der Waals surface area (Å²) in [5, 5.41) is 2.10. The summed E-state index contributed by atoms with van der Waals surface area (Å²) in [5.41, 5.74) is 0. The lowest BCUT2D eigenvalue weighted by Crippen LogP contribution is -2.52. The molecular weight excluding hydrogens is 200 g/mol. The Morgan fingerprint density at radius 2 is 2.07 bits per heavy atom. The number of methoxy groups -OCH3 is 1. The summed E-state index contributed by atoms with van der Waals surface area (Å²) in [7, 11) is 1.59. The molecule has 6 heteroatoms. The molecule has 6 nitrogen and oxygen atoms in total. The van der Waals surface area contributed by atoms with Crippen molar-refractivity contribution in [2.75, 3.05) is 20.3 Å². The molecular formula is C9H14N2O4. The third-order valence-electron chi connectivity index (χ3n) is 2.08. The van der Waals surface area contributed by atoms with E-state index in [-0.39, 0.29) is 6.42 Å². The number of nitrogens with zero attached hydrogens (tertiary/aromatic N) is 1. The summed E-state index contributed by atoms with van der Waals surface area (Å²) < 4.78 is 4.84. The summed E-state index contributed by atoms with van der Waals surface area (Å²) >= 11 is 0. The highest BCUT2D eigenvalue weighted by atomic mass is 16.5. The molecule has 1 aliphatic rings. The van der Waals surface area contributed by atoms with Gasteiger partial charge in [0.25, 0.3) is 0 Å². The molecule has 0 radical (unpaired) electrons. The summed E-state index contributed by atoms with van der Waals surface area (Å²) in [6, 6.07) is -0.617. The Bertz CT molecular complexity index is 257. The quantitative estimate of drug-likeness (QED) is 0.511. The Labute approximate surface area is 87.6 Å². The van der Waals surface area contributed by atoms with Gasteiger partial charge in [-0.25, -0.2) is 4.79 Å². The van der Waals surface area contributed by atoms with Crippen molar-refractivity contribution >= 4 is 17.8 Å². The van der Waals surface area contributed by atoms with Gasteiger partial charge in [0.2, 0.25) is 11.8 Å². The topological polar surface area (TPSA) is 75.7 Å². The highest BCUT2D eigenvalue weighted by molar-refractivity contribution is 6.14. The molecule has 0 atom stereocenters. The molecule has 0 aliphatic carbocycles. The first-order valence-corrected chi connectivity index (χ1v) is 4.78. The molecule has 84 valence electrons. The maximum Gasteiger partial charge on any atom is 0.330 e. The Morgan fingerprint density at radius 3 is 2.67 bits per heavy atom. The van der Waals surface area contributed by atoms with Gasteiger partial charge in [0.1, 0.15) is 6.42 Å². The van der Waals surface area contributed by atoms with Crippen LogP contribution >= 0.6 is 0 Å². The van der Waals surface area contributed by atoms with Gasteiger partial charge in [-0.2, -0.15) is 0 Å². The van der Waals surface area contributed by atoms with Crippen LogP contribution in [-0.4, -0.2) is 43.0 Å². The average Bonchev–Trinajstić information content (AvgIpc) is 2.15. The monoisotopic (exact) mass is 214 g/mol. The van der Waals surface area contributed by atoms with Crippen LogP contribution in [0.4, 0.5) is 4.79 Å². The van der Waals surface area contributed by atoms with Gasteiger partial charge in [0.15, 0.2) is 0 Å². The number of ether oxygens (including phenoxy) is 1. The fraction of sp³-hybridized carbons (Fsp3) is 0.667. The molecule has 1 fully saturated rings. The number of nitrogens with one attached hydrogen (secondary N) is 1. The number of rotatable bonds is 5. The lowest BCUT2D eigenvalue weighted by molar-refractivity contribution is -0.136. The summed E-state index contributed by atoms with van der Waals surface area (Å²) in [5.74, 6) is -0.959. The number of hydrogen-bond donors (Lipinski definition) is 1. The van der Waals surface area contributed by atoms with Crippen LogP contribution in [0.5, 0.6) is 0 Å². The van der Waals surface area contributed by atoms with E-state index in [1.165, 1.54) is 0 Å². The first-order chi connectivity index (χ1) is 7.15. The molecule has 0 bridgehead atoms. The number of unbranched alkanes of at least 4 members (excludes halogenated alkanes) is 1. The second-order valence-corrected chi connectivity index (χ2v) is 3.28. The van der Waals surface area contributed by atoms with Crippen molar-refractivity contribution in [3.63, 3.8) is 0 Å². The minimum atomic E-state index is -0.617. The predicted molar refractivity (Wildman–Crippen MR) is 51.0 cm³/mol. The highest BCUT2D eigenvalue weighted by Crippen LogP contribution is 2.04. The van der Waals surface area contributed by atoms with E-state index in [0.717, 1.165) is 11.3 Å². The number of barbiturate groups is 1. The molecule has 0 aromatic rings. The van der Waals surface area contributed by atoms with Crippen molar-refractivity contribution in [1.29, 1.82) is 0 Å². The van der Waals surface area contributed by atoms with E-state index in [2.05, 4.69) is 5.32 Å². The zero-order valence-corrected chi connectivity index (χ0v) is 8.62. The van der Waals surface area contributed by atoms with Crippen LogP contribution in [0.25, 0.3) is 0 Å². The van der Waals surface area contributed by atoms with Crippen molar-refractivity contribution in [2.24, 2.45) is 0 Å². The number of hydrogen-bond acceptors (Lipinski definition) is 4. The largest absolute Gasteiger partial charge is 0.385 e. The number of imide groups is 2. The van der Waals surface area contributed by atoms with E-state index in [1.54, 1.807) is 7.11 Å². The molecule has 1 N–H and O–H groups in total. The number of carbonyl (C=O) groups is 3. The summed E-state index contributed by atoms with van der Waals surface area (Å²) in [4.78, 5) is 34.4. The van der Waals surface area contributed by atoms with Crippen LogP contribution in [0, 0.1) is 0 Å². The van der Waals surface area contributed by atoms with Gasteiger partial charge in [-0.05, 0) is 12.8 Å². The Balaban J connectivity index is 2.36. The standard InChI is InChI=1S/C9H14N2O4/c1-15-5-3-2-4-11-8(13)6-7(12)10-9(11)14/h2-6H2,1H3,(H,10,12,14). The molecule has 15 heavy (non-hydrogen) atoms. The van der Waals surface area contributed by atoms with Gasteiger partial charge >= 0.3 is 6.03 Å². The highest BCUT2D eigenvalue weighted by Gasteiger charge is 2.29. The summed E-state index contributed by atoms with van der Waals surface area (Å²) in [6.45, 7) is 0.934. The Kier molecular flexibility index (Phi) is 4.23. The lowest BCUT2D eigenvalue weighted by atomic mass is 10.2. The van der Waals surface area contributed by atoms with Gasteiger partial charge < -0.3 is 4.74 Å². The Morgan fingerprint density at radius 1 is 1.33 bits per heavy atom. The summed E-state index contributed by atoms with van der Waals surface area (Å²) in [6.07, 6.45) is 1.22. The number of carbonyl (C=O) groups excluding carboxylic acids is 3. The van der Waals surface area contributed by atoms with Gasteiger partial charge in [-0.3, -0.25) is 19.8 Å². The van der Waals surface area contributed by atoms with Crippen LogP contribution < -0.4 is 5.32 Å². The smallest absolute Gasteiger partial charge is 0.330 e. The molecule has 0 saturated carbocycles. The van der Waals surface area contributed by atoms with Crippen molar-refractivity contribution in [1.82, 2.24) is 10.2 Å². The van der Waals surface area contributed by atoms with Gasteiger partial charge in [0.05, 0.1) is 0 Å². The third-order valence-corrected chi connectivity index (χ3v) is 2.08. The second kappa shape index (κ2) is 5.45. The molecule has 4 amide bonds.